The molecule has 1 N–H and O–H groups in total. The number of hydrogen-bond acceptors (Lipinski definition) is 8. The van der Waals surface area contributed by atoms with E-state index in [1.54, 1.807) is 19.2 Å². The van der Waals surface area contributed by atoms with Crippen LogP contribution in [-0.2, 0) is 19.0 Å². The van der Waals surface area contributed by atoms with Gasteiger partial charge in [-0.1, -0.05) is 90.5 Å². The summed E-state index contributed by atoms with van der Waals surface area (Å²) in [5.74, 6) is 1.31. The monoisotopic (exact) mass is 793 g/mol. The van der Waals surface area contributed by atoms with Crippen LogP contribution in [0.25, 0.3) is 24.3 Å². The molecule has 0 spiro atoms. The Morgan fingerprint density at radius 3 is 1.54 bits per heavy atom. The number of anilines is 2. The van der Waals surface area contributed by atoms with Crippen molar-refractivity contribution in [1.82, 2.24) is 0 Å². The Labute approximate surface area is 336 Å². The molecule has 0 atom stereocenters. The van der Waals surface area contributed by atoms with Gasteiger partial charge in [-0.2, -0.15) is 8.42 Å². The largest absolute Gasteiger partial charge is 0.491 e. The molecule has 5 aromatic rings. The topological polar surface area (TPSA) is 103 Å². The zero-order valence-electron chi connectivity index (χ0n) is 33.3. The molecule has 5 aromatic carbocycles. The number of carbonyl (C=O) groups excluding carboxylic acids is 1. The second-order valence-corrected chi connectivity index (χ2v) is 15.4. The minimum Gasteiger partial charge on any atom is -0.491 e. The van der Waals surface area contributed by atoms with Crippen LogP contribution >= 0.6 is 0 Å². The number of nitrogens with zero attached hydrogens (tertiary/aromatic N) is 1. The highest BCUT2D eigenvalue weighted by Gasteiger charge is 2.20. The van der Waals surface area contributed by atoms with Gasteiger partial charge in [0.1, 0.15) is 43.6 Å². The van der Waals surface area contributed by atoms with Gasteiger partial charge in [-0.05, 0) is 111 Å². The average Bonchev–Trinajstić information content (AvgIpc) is 3.21. The number of carbonyl (C=O) groups is 1. The molecule has 0 aromatic heterocycles. The lowest BCUT2D eigenvalue weighted by atomic mass is 10.1. The molecular weight excluding hydrogens is 743 g/mol. The van der Waals surface area contributed by atoms with Gasteiger partial charge in [0.05, 0.1) is 4.90 Å². The zero-order valence-corrected chi connectivity index (χ0v) is 34.1. The number of halogens is 1. The smallest absolute Gasteiger partial charge is 0.414 e. The lowest BCUT2D eigenvalue weighted by Crippen LogP contribution is -2.34. The minimum atomic E-state index is -3.81. The Morgan fingerprint density at radius 2 is 1.11 bits per heavy atom. The van der Waals surface area contributed by atoms with E-state index in [2.05, 4.69) is 23.5 Å². The Balaban J connectivity index is 0.000000302. The zero-order chi connectivity index (χ0) is 41.3. The summed E-state index contributed by atoms with van der Waals surface area (Å²) >= 11 is 0. The first kappa shape index (κ1) is 43.8. The van der Waals surface area contributed by atoms with E-state index in [1.807, 2.05) is 138 Å². The summed E-state index contributed by atoms with van der Waals surface area (Å²) < 4.78 is 57.6. The summed E-state index contributed by atoms with van der Waals surface area (Å²) in [6, 6.07) is 37.3. The molecule has 0 saturated heterocycles. The van der Waals surface area contributed by atoms with E-state index >= 15 is 0 Å². The molecule has 0 fully saturated rings. The Bertz CT molecular complexity index is 2150. The highest BCUT2D eigenvalue weighted by atomic mass is 32.2. The number of ether oxygens (including phenoxy) is 3. The van der Waals surface area contributed by atoms with Gasteiger partial charge < -0.3 is 19.5 Å². The predicted molar refractivity (Wildman–Crippen MR) is 229 cm³/mol. The SMILES string of the molecule is CNc1ccc(/C=C/c2ccc(OCC[18F])cc2)cc1.Cc1ccc(S(=O)(=O)OCCOc2ccc(/C=C/c3ccc(N(C)C(=O)OC(C)(C)C)cc3)cc2)cc1. The molecule has 0 aliphatic rings. The highest BCUT2D eigenvalue weighted by molar-refractivity contribution is 7.86. The van der Waals surface area contributed by atoms with E-state index < -0.39 is 28.5 Å². The molecule has 300 valence electrons. The van der Waals surface area contributed by atoms with E-state index in [1.165, 1.54) is 17.0 Å². The Morgan fingerprint density at radius 1 is 0.667 bits per heavy atom. The summed E-state index contributed by atoms with van der Waals surface area (Å²) in [7, 11) is -0.228. The van der Waals surface area contributed by atoms with Crippen LogP contribution in [-0.4, -0.2) is 60.7 Å². The fourth-order valence-corrected chi connectivity index (χ4v) is 5.87. The standard InChI is InChI=1S/C29H33NO6S.C17H18FNO/c1-22-6-18-27(19-7-22)37(32,33)35-21-20-34-26-16-12-24(13-17-26)9-8-23-10-14-25(15-11-23)30(5)28(31)36-29(2,3)4;1-19-16-8-4-14(5-9-16)2-3-15-6-10-17(11-7-15)20-13-12-18/h6-19H,20-21H2,1-5H3;2-11,19H,12-13H2,1H3/b9-8+;3-2+/i;18-1. The van der Waals surface area contributed by atoms with Crippen LogP contribution in [0.3, 0.4) is 0 Å². The molecule has 0 radical (unpaired) electrons. The third-order valence-corrected chi connectivity index (χ3v) is 9.42. The van der Waals surface area contributed by atoms with Gasteiger partial charge in [0.2, 0.25) is 0 Å². The number of rotatable bonds is 15. The molecule has 57 heavy (non-hydrogen) atoms. The number of benzene rings is 5. The fraction of sp³-hybridized carbons (Fsp3) is 0.239. The highest BCUT2D eigenvalue weighted by Crippen LogP contribution is 2.21. The molecule has 5 rings (SSSR count). The number of nitrogens with one attached hydrogen (secondary N) is 1. The van der Waals surface area contributed by atoms with E-state index in [-0.39, 0.29) is 24.7 Å². The number of amides is 1. The molecule has 0 unspecified atom stereocenters. The molecule has 0 heterocycles. The van der Waals surface area contributed by atoms with Gasteiger partial charge in [-0.25, -0.2) is 9.18 Å². The summed E-state index contributed by atoms with van der Waals surface area (Å²) in [6.45, 7) is 7.04. The van der Waals surface area contributed by atoms with Gasteiger partial charge in [0, 0.05) is 25.5 Å². The normalized spacial score (nSPS) is 11.5. The van der Waals surface area contributed by atoms with Crippen molar-refractivity contribution in [1.29, 1.82) is 0 Å². The third-order valence-electron chi connectivity index (χ3n) is 8.09. The third kappa shape index (κ3) is 15.3. The van der Waals surface area contributed by atoms with Crippen molar-refractivity contribution in [3.05, 3.63) is 149 Å². The van der Waals surface area contributed by atoms with Gasteiger partial charge in [-0.15, -0.1) is 0 Å². The van der Waals surface area contributed by atoms with Crippen molar-refractivity contribution in [3.8, 4) is 11.5 Å². The van der Waals surface area contributed by atoms with Crippen LogP contribution in [0.4, 0.5) is 20.6 Å². The van der Waals surface area contributed by atoms with Crippen LogP contribution in [0.5, 0.6) is 11.5 Å². The van der Waals surface area contributed by atoms with Crippen molar-refractivity contribution in [2.24, 2.45) is 0 Å². The quantitative estimate of drug-likeness (QED) is 0.0635. The average molecular weight is 794 g/mol. The number of hydrogen-bond donors (Lipinski definition) is 1. The Hall–Kier alpha value is -5.91. The van der Waals surface area contributed by atoms with Crippen LogP contribution in [0.2, 0.25) is 0 Å². The minimum absolute atomic E-state index is 0.0863. The summed E-state index contributed by atoms with van der Waals surface area (Å²) in [6.07, 6.45) is 7.62. The van der Waals surface area contributed by atoms with Gasteiger partial charge >= 0.3 is 6.09 Å². The molecule has 0 bridgehead atoms. The van der Waals surface area contributed by atoms with Crippen LogP contribution < -0.4 is 19.7 Å². The lowest BCUT2D eigenvalue weighted by molar-refractivity contribution is 0.0589. The lowest BCUT2D eigenvalue weighted by Gasteiger charge is -2.24. The van der Waals surface area contributed by atoms with Crippen molar-refractivity contribution >= 4 is 51.9 Å². The maximum absolute atomic E-state index is 12.2. The second-order valence-electron chi connectivity index (χ2n) is 13.8. The predicted octanol–water partition coefficient (Wildman–Crippen LogP) is 10.6. The summed E-state index contributed by atoms with van der Waals surface area (Å²) in [5.41, 5.74) is 6.43. The van der Waals surface area contributed by atoms with Crippen molar-refractivity contribution in [2.45, 2.75) is 38.2 Å². The molecule has 0 saturated carbocycles. The van der Waals surface area contributed by atoms with Crippen LogP contribution in [0.1, 0.15) is 48.6 Å². The summed E-state index contributed by atoms with van der Waals surface area (Å²) in [4.78, 5) is 13.8. The molecule has 0 aliphatic carbocycles. The maximum atomic E-state index is 12.2. The van der Waals surface area contributed by atoms with E-state index in [9.17, 15) is 17.6 Å². The molecule has 0 aliphatic heterocycles. The van der Waals surface area contributed by atoms with Gasteiger partial charge in [0.25, 0.3) is 10.1 Å². The molecule has 9 nitrogen and oxygen atoms in total. The number of alkyl halides is 1. The maximum Gasteiger partial charge on any atom is 0.414 e. The first-order valence-corrected chi connectivity index (χ1v) is 19.8. The van der Waals surface area contributed by atoms with E-state index in [4.69, 9.17) is 18.4 Å². The van der Waals surface area contributed by atoms with Crippen LogP contribution in [0.15, 0.2) is 126 Å². The van der Waals surface area contributed by atoms with Crippen molar-refractivity contribution in [3.63, 3.8) is 0 Å². The Kier molecular flexibility index (Phi) is 16.5. The first-order valence-electron chi connectivity index (χ1n) is 18.4. The van der Waals surface area contributed by atoms with E-state index in [0.29, 0.717) is 11.5 Å². The van der Waals surface area contributed by atoms with Crippen molar-refractivity contribution in [2.75, 3.05) is 50.8 Å². The number of aryl methyl sites for hydroxylation is 1. The molecule has 11 heteroatoms. The molecule has 1 amide bonds. The molecular formula is C46H51FN2O7S. The van der Waals surface area contributed by atoms with Gasteiger partial charge in [0.15, 0.2) is 0 Å². The van der Waals surface area contributed by atoms with Crippen molar-refractivity contribution < 1.29 is 36.0 Å². The van der Waals surface area contributed by atoms with Gasteiger partial charge in [-0.3, -0.25) is 9.08 Å². The summed E-state index contributed by atoms with van der Waals surface area (Å²) in [5, 5.41) is 3.09. The van der Waals surface area contributed by atoms with Crippen LogP contribution in [0, 0.1) is 6.92 Å². The first-order chi connectivity index (χ1) is 27.2. The van der Waals surface area contributed by atoms with E-state index in [0.717, 1.165) is 39.2 Å². The fourth-order valence-electron chi connectivity index (χ4n) is 4.97. The second kappa shape index (κ2) is 21.4.